The number of amides is 2. The zero-order chi connectivity index (χ0) is 18.4. The van der Waals surface area contributed by atoms with Gasteiger partial charge in [-0.2, -0.15) is 13.2 Å². The highest BCUT2D eigenvalue weighted by Crippen LogP contribution is 2.39. The molecule has 2 aliphatic rings. The largest absolute Gasteiger partial charge is 0.484 e. The number of hydrogen-bond donors (Lipinski definition) is 0. The monoisotopic (exact) mass is 381 g/mol. The summed E-state index contributed by atoms with van der Waals surface area (Å²) in [5, 5.41) is -0.0850. The van der Waals surface area contributed by atoms with Crippen molar-refractivity contribution in [2.24, 2.45) is 5.92 Å². The van der Waals surface area contributed by atoms with Crippen LogP contribution < -0.4 is 9.64 Å². The SMILES string of the molecule is O=C1CC(C(F)(F)F)CC(=O)N1c1cc(OC2COC2)c(Cl)cc1F. The highest BCUT2D eigenvalue weighted by atomic mass is 35.5. The Balaban J connectivity index is 1.89. The van der Waals surface area contributed by atoms with Crippen LogP contribution in [0, 0.1) is 11.7 Å². The van der Waals surface area contributed by atoms with Gasteiger partial charge in [-0.25, -0.2) is 9.29 Å². The number of alkyl halides is 3. The van der Waals surface area contributed by atoms with Crippen LogP contribution in [0.3, 0.4) is 0 Å². The highest BCUT2D eigenvalue weighted by Gasteiger charge is 2.48. The van der Waals surface area contributed by atoms with Gasteiger partial charge < -0.3 is 9.47 Å². The number of halogens is 5. The summed E-state index contributed by atoms with van der Waals surface area (Å²) in [5.41, 5.74) is -0.477. The Labute approximate surface area is 144 Å². The van der Waals surface area contributed by atoms with E-state index in [0.29, 0.717) is 18.1 Å². The van der Waals surface area contributed by atoms with E-state index in [1.165, 1.54) is 0 Å². The van der Waals surface area contributed by atoms with Crippen LogP contribution in [0.1, 0.15) is 12.8 Å². The van der Waals surface area contributed by atoms with E-state index in [0.717, 1.165) is 12.1 Å². The molecule has 3 rings (SSSR count). The maximum Gasteiger partial charge on any atom is 0.392 e. The van der Waals surface area contributed by atoms with Crippen LogP contribution in [0.25, 0.3) is 0 Å². The van der Waals surface area contributed by atoms with Gasteiger partial charge in [0.2, 0.25) is 11.8 Å². The molecule has 2 aliphatic heterocycles. The fourth-order valence-corrected chi connectivity index (χ4v) is 2.75. The molecule has 0 bridgehead atoms. The van der Waals surface area contributed by atoms with E-state index in [9.17, 15) is 27.2 Å². The van der Waals surface area contributed by atoms with Gasteiger partial charge in [-0.1, -0.05) is 11.6 Å². The Bertz CT molecular complexity index is 702. The number of benzene rings is 1. The second kappa shape index (κ2) is 6.45. The molecule has 10 heteroatoms. The molecule has 0 atom stereocenters. The van der Waals surface area contributed by atoms with Gasteiger partial charge in [0.05, 0.1) is 29.8 Å². The number of carbonyl (C=O) groups is 2. The van der Waals surface area contributed by atoms with Crippen molar-refractivity contribution in [2.45, 2.75) is 25.1 Å². The molecule has 0 aromatic heterocycles. The molecule has 2 fully saturated rings. The van der Waals surface area contributed by atoms with Crippen molar-refractivity contribution in [3.05, 3.63) is 23.0 Å². The quantitative estimate of drug-likeness (QED) is 0.596. The lowest BCUT2D eigenvalue weighted by atomic mass is 9.94. The zero-order valence-corrected chi connectivity index (χ0v) is 13.4. The molecule has 0 aliphatic carbocycles. The molecule has 2 heterocycles. The minimum Gasteiger partial charge on any atom is -0.484 e. The third kappa shape index (κ3) is 3.57. The number of piperidine rings is 1. The van der Waals surface area contributed by atoms with Gasteiger partial charge in [-0.15, -0.1) is 0 Å². The van der Waals surface area contributed by atoms with E-state index < -0.39 is 48.3 Å². The van der Waals surface area contributed by atoms with E-state index in [1.807, 2.05) is 0 Å². The molecule has 1 aromatic rings. The second-order valence-corrected chi connectivity index (χ2v) is 6.19. The summed E-state index contributed by atoms with van der Waals surface area (Å²) in [6, 6.07) is 1.89. The fourth-order valence-electron chi connectivity index (χ4n) is 2.56. The Kier molecular flexibility index (Phi) is 4.63. The lowest BCUT2D eigenvalue weighted by Gasteiger charge is -2.32. The van der Waals surface area contributed by atoms with Crippen LogP contribution in [0.2, 0.25) is 5.02 Å². The maximum absolute atomic E-state index is 14.2. The minimum absolute atomic E-state index is 0.0184. The van der Waals surface area contributed by atoms with Crippen molar-refractivity contribution in [1.29, 1.82) is 0 Å². The molecule has 0 N–H and O–H groups in total. The summed E-state index contributed by atoms with van der Waals surface area (Å²) in [4.78, 5) is 24.5. The van der Waals surface area contributed by atoms with Crippen molar-refractivity contribution in [2.75, 3.05) is 18.1 Å². The Hall–Kier alpha value is -1.87. The molecule has 0 unspecified atom stereocenters. The molecule has 0 radical (unpaired) electrons. The summed E-state index contributed by atoms with van der Waals surface area (Å²) >= 11 is 5.88. The van der Waals surface area contributed by atoms with Gasteiger partial charge in [-0.3, -0.25) is 9.59 Å². The Morgan fingerprint density at radius 3 is 2.24 bits per heavy atom. The van der Waals surface area contributed by atoms with Crippen LogP contribution in [-0.2, 0) is 14.3 Å². The summed E-state index contributed by atoms with van der Waals surface area (Å²) in [7, 11) is 0. The smallest absolute Gasteiger partial charge is 0.392 e. The lowest BCUT2D eigenvalue weighted by molar-refractivity contribution is -0.185. The van der Waals surface area contributed by atoms with Crippen LogP contribution in [0.4, 0.5) is 23.2 Å². The van der Waals surface area contributed by atoms with Crippen LogP contribution in [0.5, 0.6) is 5.75 Å². The van der Waals surface area contributed by atoms with Crippen molar-refractivity contribution >= 4 is 29.1 Å². The van der Waals surface area contributed by atoms with Gasteiger partial charge in [0.15, 0.2) is 0 Å². The van der Waals surface area contributed by atoms with Crippen molar-refractivity contribution in [3.63, 3.8) is 0 Å². The predicted octanol–water partition coefficient (Wildman–Crippen LogP) is 3.09. The molecule has 1 aromatic carbocycles. The summed E-state index contributed by atoms with van der Waals surface area (Å²) in [6.45, 7) is 0.607. The summed E-state index contributed by atoms with van der Waals surface area (Å²) in [5.74, 6) is -5.31. The second-order valence-electron chi connectivity index (χ2n) is 5.78. The van der Waals surface area contributed by atoms with E-state index >= 15 is 0 Å². The minimum atomic E-state index is -4.67. The average Bonchev–Trinajstić information content (AvgIpc) is 2.44. The van der Waals surface area contributed by atoms with Gasteiger partial charge in [0, 0.05) is 18.9 Å². The maximum atomic E-state index is 14.2. The first-order valence-corrected chi connectivity index (χ1v) is 7.70. The predicted molar refractivity (Wildman–Crippen MR) is 77.9 cm³/mol. The third-order valence-electron chi connectivity index (χ3n) is 3.95. The molecule has 2 saturated heterocycles. The lowest BCUT2D eigenvalue weighted by Crippen LogP contribution is -2.47. The number of ether oxygens (including phenoxy) is 2. The standard InChI is InChI=1S/C15H12ClF4NO4/c16-9-3-10(17)11(4-12(9)25-8-5-24-6-8)21-13(22)1-7(2-14(21)23)15(18,19)20/h3-4,7-8H,1-2,5-6H2. The third-order valence-corrected chi connectivity index (χ3v) is 4.24. The topological polar surface area (TPSA) is 55.8 Å². The van der Waals surface area contributed by atoms with E-state index in [1.54, 1.807) is 0 Å². The molecule has 5 nitrogen and oxygen atoms in total. The zero-order valence-electron chi connectivity index (χ0n) is 12.6. The van der Waals surface area contributed by atoms with Gasteiger partial charge >= 0.3 is 6.18 Å². The number of carbonyl (C=O) groups excluding carboxylic acids is 2. The molecule has 0 spiro atoms. The summed E-state index contributed by atoms with van der Waals surface area (Å²) < 4.78 is 62.9. The highest BCUT2D eigenvalue weighted by molar-refractivity contribution is 6.32. The summed E-state index contributed by atoms with van der Waals surface area (Å²) in [6.07, 6.45) is -6.83. The number of anilines is 1. The van der Waals surface area contributed by atoms with Crippen molar-refractivity contribution < 1.29 is 36.6 Å². The Morgan fingerprint density at radius 2 is 1.76 bits per heavy atom. The molecule has 136 valence electrons. The number of rotatable bonds is 3. The van der Waals surface area contributed by atoms with E-state index in [2.05, 4.69) is 0 Å². The first-order chi connectivity index (χ1) is 11.7. The van der Waals surface area contributed by atoms with E-state index in [-0.39, 0.29) is 16.9 Å². The van der Waals surface area contributed by atoms with Crippen LogP contribution in [-0.4, -0.2) is 37.3 Å². The first-order valence-electron chi connectivity index (χ1n) is 7.32. The van der Waals surface area contributed by atoms with E-state index in [4.69, 9.17) is 21.1 Å². The number of nitrogens with zero attached hydrogens (tertiary/aromatic N) is 1. The molecule has 2 amide bonds. The molecule has 25 heavy (non-hydrogen) atoms. The van der Waals surface area contributed by atoms with Gasteiger partial charge in [0.25, 0.3) is 0 Å². The molecule has 0 saturated carbocycles. The normalized spacial score (nSPS) is 20.0. The van der Waals surface area contributed by atoms with Crippen molar-refractivity contribution in [1.82, 2.24) is 0 Å². The fraction of sp³-hybridized carbons (Fsp3) is 0.467. The van der Waals surface area contributed by atoms with Gasteiger partial charge in [-0.05, 0) is 6.07 Å². The Morgan fingerprint density at radius 1 is 1.16 bits per heavy atom. The molecular weight excluding hydrogens is 370 g/mol. The van der Waals surface area contributed by atoms with Crippen LogP contribution >= 0.6 is 11.6 Å². The first kappa shape index (κ1) is 17.9. The van der Waals surface area contributed by atoms with Gasteiger partial charge in [0.1, 0.15) is 17.7 Å². The van der Waals surface area contributed by atoms with Crippen LogP contribution in [0.15, 0.2) is 12.1 Å². The number of imide groups is 1. The number of hydrogen-bond acceptors (Lipinski definition) is 4. The van der Waals surface area contributed by atoms with Crippen molar-refractivity contribution in [3.8, 4) is 5.75 Å². The molecular formula is C15H12ClF4NO4. The average molecular weight is 382 g/mol.